The van der Waals surface area contributed by atoms with Gasteiger partial charge in [-0.2, -0.15) is 5.10 Å². The van der Waals surface area contributed by atoms with Crippen LogP contribution >= 0.6 is 0 Å². The first-order valence-electron chi connectivity index (χ1n) is 12.0. The predicted molar refractivity (Wildman–Crippen MR) is 129 cm³/mol. The number of carbonyl (C=O) groups excluding carboxylic acids is 2. The lowest BCUT2D eigenvalue weighted by Gasteiger charge is -2.32. The summed E-state index contributed by atoms with van der Waals surface area (Å²) in [5, 5.41) is 6.26. The summed E-state index contributed by atoms with van der Waals surface area (Å²) >= 11 is 0. The molecule has 180 valence electrons. The van der Waals surface area contributed by atoms with Gasteiger partial charge >= 0.3 is 5.97 Å². The Labute approximate surface area is 200 Å². The molecule has 1 saturated heterocycles. The Morgan fingerprint density at radius 1 is 1.18 bits per heavy atom. The van der Waals surface area contributed by atoms with E-state index in [0.717, 1.165) is 47.4 Å². The van der Waals surface area contributed by atoms with Gasteiger partial charge in [-0.15, -0.1) is 0 Å². The van der Waals surface area contributed by atoms with Crippen molar-refractivity contribution in [2.24, 2.45) is 11.0 Å². The number of hydrazone groups is 1. The number of halogens is 1. The highest BCUT2D eigenvalue weighted by atomic mass is 19.1. The van der Waals surface area contributed by atoms with Crippen LogP contribution in [-0.4, -0.2) is 53.7 Å². The summed E-state index contributed by atoms with van der Waals surface area (Å²) in [7, 11) is 0. The second kappa shape index (κ2) is 10.5. The molecule has 0 radical (unpaired) electrons. The van der Waals surface area contributed by atoms with E-state index in [1.165, 1.54) is 17.1 Å². The molecule has 2 atom stereocenters. The Morgan fingerprint density at radius 2 is 2.00 bits per heavy atom. The molecule has 2 heterocycles. The van der Waals surface area contributed by atoms with Gasteiger partial charge in [-0.25, -0.2) is 9.40 Å². The summed E-state index contributed by atoms with van der Waals surface area (Å²) in [4.78, 5) is 27.7. The van der Waals surface area contributed by atoms with Crippen molar-refractivity contribution in [1.82, 2.24) is 9.91 Å². The minimum absolute atomic E-state index is 0.154. The van der Waals surface area contributed by atoms with Crippen LogP contribution in [0, 0.1) is 25.6 Å². The Kier molecular flexibility index (Phi) is 7.41. The topological polar surface area (TPSA) is 62.2 Å². The standard InChI is InChI=1S/C27H32FN3O3/c1-4-34-27(33)21-8-6-12-30(16-21)17-26(32)31-25(20-7-5-9-22(28)14-20)15-24(29-31)23-11-10-18(2)13-19(23)3/h5,7,9-11,13-14,21,25H,4,6,8,12,15-17H2,1-3H3/t21-,25+/m1/s1. The van der Waals surface area contributed by atoms with Gasteiger partial charge in [0.15, 0.2) is 0 Å². The monoisotopic (exact) mass is 465 g/mol. The maximum Gasteiger partial charge on any atom is 0.310 e. The van der Waals surface area contributed by atoms with E-state index in [0.29, 0.717) is 19.6 Å². The van der Waals surface area contributed by atoms with Gasteiger partial charge in [-0.1, -0.05) is 35.9 Å². The van der Waals surface area contributed by atoms with Crippen LogP contribution in [0.5, 0.6) is 0 Å². The highest BCUT2D eigenvalue weighted by Crippen LogP contribution is 2.34. The quantitative estimate of drug-likeness (QED) is 0.594. The number of piperidine rings is 1. The number of aryl methyl sites for hydroxylation is 2. The van der Waals surface area contributed by atoms with Crippen LogP contribution in [0.2, 0.25) is 0 Å². The van der Waals surface area contributed by atoms with Gasteiger partial charge in [0, 0.05) is 18.5 Å². The number of ether oxygens (including phenoxy) is 1. The van der Waals surface area contributed by atoms with Crippen molar-refractivity contribution in [2.45, 2.75) is 46.1 Å². The molecule has 6 nitrogen and oxygen atoms in total. The molecule has 0 aromatic heterocycles. The average molecular weight is 466 g/mol. The van der Waals surface area contributed by atoms with Gasteiger partial charge in [0.1, 0.15) is 5.82 Å². The molecule has 0 unspecified atom stereocenters. The van der Waals surface area contributed by atoms with E-state index in [-0.39, 0.29) is 36.2 Å². The molecule has 1 fully saturated rings. The number of amides is 1. The molecular weight excluding hydrogens is 433 g/mol. The zero-order valence-electron chi connectivity index (χ0n) is 20.1. The maximum atomic E-state index is 14.0. The minimum Gasteiger partial charge on any atom is -0.466 e. The molecule has 2 aliphatic heterocycles. The molecule has 0 N–H and O–H groups in total. The number of hydrogen-bond donors (Lipinski definition) is 0. The van der Waals surface area contributed by atoms with Crippen LogP contribution in [-0.2, 0) is 14.3 Å². The first-order chi connectivity index (χ1) is 16.4. The molecular formula is C27H32FN3O3. The highest BCUT2D eigenvalue weighted by molar-refractivity contribution is 6.04. The number of rotatable bonds is 6. The van der Waals surface area contributed by atoms with Gasteiger partial charge in [0.05, 0.1) is 30.8 Å². The number of benzene rings is 2. The fraction of sp³-hybridized carbons (Fsp3) is 0.444. The lowest BCUT2D eigenvalue weighted by Crippen LogP contribution is -2.44. The Morgan fingerprint density at radius 3 is 2.74 bits per heavy atom. The first-order valence-corrected chi connectivity index (χ1v) is 12.0. The summed E-state index contributed by atoms with van der Waals surface area (Å²) in [5.41, 5.74) is 4.81. The van der Waals surface area contributed by atoms with Crippen molar-refractivity contribution in [3.05, 3.63) is 70.5 Å². The van der Waals surface area contributed by atoms with Gasteiger partial charge in [-0.05, 0) is 63.4 Å². The fourth-order valence-corrected chi connectivity index (χ4v) is 4.93. The Bertz CT molecular complexity index is 1100. The molecule has 0 bridgehead atoms. The van der Waals surface area contributed by atoms with E-state index in [4.69, 9.17) is 9.84 Å². The predicted octanol–water partition coefficient (Wildman–Crippen LogP) is 4.40. The normalized spacial score (nSPS) is 20.8. The van der Waals surface area contributed by atoms with Crippen LogP contribution < -0.4 is 0 Å². The number of likely N-dealkylation sites (tertiary alicyclic amines) is 1. The number of hydrogen-bond acceptors (Lipinski definition) is 5. The van der Waals surface area contributed by atoms with Gasteiger partial charge in [0.2, 0.25) is 0 Å². The number of carbonyl (C=O) groups is 2. The molecule has 0 saturated carbocycles. The number of esters is 1. The van der Waals surface area contributed by atoms with Gasteiger partial charge in [-0.3, -0.25) is 14.5 Å². The van der Waals surface area contributed by atoms with Crippen molar-refractivity contribution >= 4 is 17.6 Å². The van der Waals surface area contributed by atoms with Crippen LogP contribution in [0.4, 0.5) is 4.39 Å². The van der Waals surface area contributed by atoms with Crippen molar-refractivity contribution in [3.8, 4) is 0 Å². The zero-order valence-corrected chi connectivity index (χ0v) is 20.1. The fourth-order valence-electron chi connectivity index (χ4n) is 4.93. The molecule has 2 aromatic carbocycles. The van der Waals surface area contributed by atoms with Gasteiger partial charge in [0.25, 0.3) is 5.91 Å². The van der Waals surface area contributed by atoms with E-state index in [1.807, 2.05) is 36.9 Å². The van der Waals surface area contributed by atoms with Crippen molar-refractivity contribution in [3.63, 3.8) is 0 Å². The average Bonchev–Trinajstić information content (AvgIpc) is 3.25. The molecule has 4 rings (SSSR count). The van der Waals surface area contributed by atoms with E-state index in [9.17, 15) is 14.0 Å². The summed E-state index contributed by atoms with van der Waals surface area (Å²) < 4.78 is 19.2. The van der Waals surface area contributed by atoms with Crippen molar-refractivity contribution in [1.29, 1.82) is 0 Å². The third-order valence-corrected chi connectivity index (χ3v) is 6.58. The SMILES string of the molecule is CCOC(=O)[C@@H]1CCCN(CC(=O)N2N=C(c3ccc(C)cc3C)C[C@H]2c2cccc(F)c2)C1. The van der Waals surface area contributed by atoms with Gasteiger partial charge < -0.3 is 4.74 Å². The third kappa shape index (κ3) is 5.36. The maximum absolute atomic E-state index is 14.0. The van der Waals surface area contributed by atoms with E-state index < -0.39 is 0 Å². The first kappa shape index (κ1) is 24.1. The summed E-state index contributed by atoms with van der Waals surface area (Å²) in [5.74, 6) is -0.904. The molecule has 0 aliphatic carbocycles. The second-order valence-electron chi connectivity index (χ2n) is 9.20. The van der Waals surface area contributed by atoms with Crippen LogP contribution in [0.15, 0.2) is 47.6 Å². The second-order valence-corrected chi connectivity index (χ2v) is 9.20. The lowest BCUT2D eigenvalue weighted by molar-refractivity contribution is -0.150. The molecule has 7 heteroatoms. The molecule has 1 amide bonds. The van der Waals surface area contributed by atoms with Crippen LogP contribution in [0.25, 0.3) is 0 Å². The van der Waals surface area contributed by atoms with Crippen molar-refractivity contribution < 1.29 is 18.7 Å². The minimum atomic E-state index is -0.371. The zero-order chi connectivity index (χ0) is 24.2. The third-order valence-electron chi connectivity index (χ3n) is 6.58. The number of nitrogens with zero attached hydrogens (tertiary/aromatic N) is 3. The Balaban J connectivity index is 1.57. The Hall–Kier alpha value is -3.06. The van der Waals surface area contributed by atoms with Crippen LogP contribution in [0.3, 0.4) is 0 Å². The van der Waals surface area contributed by atoms with Crippen LogP contribution in [0.1, 0.15) is 54.5 Å². The van der Waals surface area contributed by atoms with E-state index >= 15 is 0 Å². The molecule has 2 aromatic rings. The molecule has 0 spiro atoms. The smallest absolute Gasteiger partial charge is 0.310 e. The molecule has 34 heavy (non-hydrogen) atoms. The largest absolute Gasteiger partial charge is 0.466 e. The van der Waals surface area contributed by atoms with Crippen molar-refractivity contribution in [2.75, 3.05) is 26.2 Å². The highest BCUT2D eigenvalue weighted by Gasteiger charge is 2.35. The van der Waals surface area contributed by atoms with E-state index in [2.05, 4.69) is 6.07 Å². The molecule has 2 aliphatic rings. The summed E-state index contributed by atoms with van der Waals surface area (Å²) in [6.45, 7) is 7.63. The summed E-state index contributed by atoms with van der Waals surface area (Å²) in [6.07, 6.45) is 2.12. The lowest BCUT2D eigenvalue weighted by atomic mass is 9.95. The summed E-state index contributed by atoms with van der Waals surface area (Å²) in [6, 6.07) is 12.2. The van der Waals surface area contributed by atoms with E-state index in [1.54, 1.807) is 13.0 Å².